The third-order valence-corrected chi connectivity index (χ3v) is 3.72. The number of nitrogens with zero attached hydrogens (tertiary/aromatic N) is 2. The number of thiazole rings is 1. The Morgan fingerprint density at radius 3 is 2.83 bits per heavy atom. The second-order valence-corrected chi connectivity index (χ2v) is 5.34. The largest absolute Gasteiger partial charge is 0.389 e. The Balaban J connectivity index is 2.16. The lowest BCUT2D eigenvalue weighted by atomic mass is 10.1. The summed E-state index contributed by atoms with van der Waals surface area (Å²) in [6.45, 7) is 2.45. The van der Waals surface area contributed by atoms with Crippen molar-refractivity contribution in [1.29, 1.82) is 0 Å². The minimum atomic E-state index is -0.546. The zero-order chi connectivity index (χ0) is 13.1. The summed E-state index contributed by atoms with van der Waals surface area (Å²) in [5.74, 6) is 0. The van der Waals surface area contributed by atoms with Gasteiger partial charge in [0.1, 0.15) is 0 Å². The quantitative estimate of drug-likeness (QED) is 0.933. The fourth-order valence-electron chi connectivity index (χ4n) is 1.74. The molecule has 0 spiro atoms. The first-order chi connectivity index (χ1) is 8.58. The van der Waals surface area contributed by atoms with Gasteiger partial charge in [-0.15, -0.1) is 11.3 Å². The molecule has 1 heterocycles. The van der Waals surface area contributed by atoms with Crippen LogP contribution in [0.4, 0.5) is 5.69 Å². The normalized spacial score (nSPS) is 12.4. The Morgan fingerprint density at radius 1 is 1.50 bits per heavy atom. The molecule has 96 valence electrons. The van der Waals surface area contributed by atoms with E-state index in [1.807, 2.05) is 36.1 Å². The molecule has 1 N–H and O–H groups in total. The molecule has 1 aromatic carbocycles. The van der Waals surface area contributed by atoms with E-state index in [4.69, 9.17) is 11.6 Å². The number of benzene rings is 1. The molecule has 0 aliphatic heterocycles. The van der Waals surface area contributed by atoms with Crippen LogP contribution in [0.15, 0.2) is 29.1 Å². The maximum Gasteiger partial charge on any atom is 0.0795 e. The molecule has 0 saturated carbocycles. The summed E-state index contributed by atoms with van der Waals surface area (Å²) in [6, 6.07) is 5.69. The second kappa shape index (κ2) is 5.69. The zero-order valence-electron chi connectivity index (χ0n) is 10.3. The first-order valence-electron chi connectivity index (χ1n) is 5.63. The lowest BCUT2D eigenvalue weighted by Crippen LogP contribution is -2.16. The molecular formula is C13H15ClN2OS. The van der Waals surface area contributed by atoms with Crippen molar-refractivity contribution in [2.75, 3.05) is 11.9 Å². The van der Waals surface area contributed by atoms with Gasteiger partial charge in [0, 0.05) is 23.1 Å². The number of aromatic nitrogens is 1. The monoisotopic (exact) mass is 282 g/mol. The number of hydrogen-bond acceptors (Lipinski definition) is 4. The summed E-state index contributed by atoms with van der Waals surface area (Å²) in [5.41, 5.74) is 4.63. The van der Waals surface area contributed by atoms with Gasteiger partial charge in [0.15, 0.2) is 0 Å². The van der Waals surface area contributed by atoms with E-state index in [1.54, 1.807) is 18.3 Å². The number of aliphatic hydroxyl groups excluding tert-OH is 1. The van der Waals surface area contributed by atoms with Gasteiger partial charge >= 0.3 is 0 Å². The highest BCUT2D eigenvalue weighted by Crippen LogP contribution is 2.27. The highest BCUT2D eigenvalue weighted by atomic mass is 35.5. The standard InChI is InChI=1S/C13H15ClN2OS/c1-9(17)12-4-3-11(5-13(12)14)16(2)6-10-7-18-8-15-10/h3-5,7-9,17H,6H2,1-2H3. The molecule has 0 aliphatic carbocycles. The van der Waals surface area contributed by atoms with E-state index < -0.39 is 6.10 Å². The third kappa shape index (κ3) is 3.02. The molecule has 0 bridgehead atoms. The van der Waals surface area contributed by atoms with Gasteiger partial charge in [0.2, 0.25) is 0 Å². The number of halogens is 1. The van der Waals surface area contributed by atoms with E-state index in [9.17, 15) is 5.11 Å². The number of rotatable bonds is 4. The van der Waals surface area contributed by atoms with Crippen LogP contribution < -0.4 is 4.90 Å². The molecule has 0 aliphatic rings. The molecule has 2 rings (SSSR count). The Morgan fingerprint density at radius 2 is 2.28 bits per heavy atom. The predicted octanol–water partition coefficient (Wildman–Crippen LogP) is 3.49. The van der Waals surface area contributed by atoms with Crippen molar-refractivity contribution in [1.82, 2.24) is 4.98 Å². The van der Waals surface area contributed by atoms with Crippen molar-refractivity contribution < 1.29 is 5.11 Å². The van der Waals surface area contributed by atoms with Crippen LogP contribution in [0.2, 0.25) is 5.02 Å². The topological polar surface area (TPSA) is 36.4 Å². The van der Waals surface area contributed by atoms with E-state index in [1.165, 1.54) is 0 Å². The molecule has 18 heavy (non-hydrogen) atoms. The van der Waals surface area contributed by atoms with E-state index >= 15 is 0 Å². The molecule has 2 aromatic rings. The maximum absolute atomic E-state index is 9.53. The van der Waals surface area contributed by atoms with Crippen LogP contribution in [-0.2, 0) is 6.54 Å². The maximum atomic E-state index is 9.53. The molecule has 0 radical (unpaired) electrons. The van der Waals surface area contributed by atoms with Gasteiger partial charge in [-0.25, -0.2) is 4.98 Å². The van der Waals surface area contributed by atoms with E-state index in [0.717, 1.165) is 23.5 Å². The summed E-state index contributed by atoms with van der Waals surface area (Å²) in [5, 5.41) is 12.2. The minimum Gasteiger partial charge on any atom is -0.389 e. The van der Waals surface area contributed by atoms with Crippen molar-refractivity contribution in [2.45, 2.75) is 19.6 Å². The van der Waals surface area contributed by atoms with Gasteiger partial charge in [0.25, 0.3) is 0 Å². The van der Waals surface area contributed by atoms with Crippen molar-refractivity contribution in [2.24, 2.45) is 0 Å². The van der Waals surface area contributed by atoms with Gasteiger partial charge < -0.3 is 10.0 Å². The zero-order valence-corrected chi connectivity index (χ0v) is 11.9. The number of hydrogen-bond donors (Lipinski definition) is 1. The molecule has 1 aromatic heterocycles. The van der Waals surface area contributed by atoms with Crippen LogP contribution in [0.5, 0.6) is 0 Å². The summed E-state index contributed by atoms with van der Waals surface area (Å²) < 4.78 is 0. The van der Waals surface area contributed by atoms with Crippen molar-refractivity contribution in [3.05, 3.63) is 45.4 Å². The van der Waals surface area contributed by atoms with Gasteiger partial charge in [-0.3, -0.25) is 0 Å². The second-order valence-electron chi connectivity index (χ2n) is 4.22. The Labute approximate surface area is 116 Å². The lowest BCUT2D eigenvalue weighted by Gasteiger charge is -2.19. The predicted molar refractivity (Wildman–Crippen MR) is 76.3 cm³/mol. The Bertz CT molecular complexity index is 514. The average Bonchev–Trinajstić information content (AvgIpc) is 2.81. The van der Waals surface area contributed by atoms with Gasteiger partial charge in [-0.1, -0.05) is 17.7 Å². The van der Waals surface area contributed by atoms with Crippen molar-refractivity contribution >= 4 is 28.6 Å². The van der Waals surface area contributed by atoms with Crippen LogP contribution in [0, 0.1) is 0 Å². The van der Waals surface area contributed by atoms with E-state index in [2.05, 4.69) is 9.88 Å². The minimum absolute atomic E-state index is 0.546. The molecule has 1 atom stereocenters. The summed E-state index contributed by atoms with van der Waals surface area (Å²) in [4.78, 5) is 6.33. The summed E-state index contributed by atoms with van der Waals surface area (Å²) in [7, 11) is 1.99. The van der Waals surface area contributed by atoms with E-state index in [0.29, 0.717) is 5.02 Å². The average molecular weight is 283 g/mol. The van der Waals surface area contributed by atoms with Gasteiger partial charge in [-0.2, -0.15) is 0 Å². The first kappa shape index (κ1) is 13.3. The van der Waals surface area contributed by atoms with Gasteiger partial charge in [0.05, 0.1) is 23.9 Å². The molecule has 1 unspecified atom stereocenters. The SMILES string of the molecule is CC(O)c1ccc(N(C)Cc2cscn2)cc1Cl. The van der Waals surface area contributed by atoms with E-state index in [-0.39, 0.29) is 0 Å². The summed E-state index contributed by atoms with van der Waals surface area (Å²) in [6.07, 6.45) is -0.546. The number of aliphatic hydroxyl groups is 1. The first-order valence-corrected chi connectivity index (χ1v) is 6.95. The Kier molecular flexibility index (Phi) is 4.22. The fourth-order valence-corrected chi connectivity index (χ4v) is 2.62. The van der Waals surface area contributed by atoms with Crippen LogP contribution in [0.3, 0.4) is 0 Å². The van der Waals surface area contributed by atoms with Crippen LogP contribution in [0.25, 0.3) is 0 Å². The lowest BCUT2D eigenvalue weighted by molar-refractivity contribution is 0.199. The van der Waals surface area contributed by atoms with Gasteiger partial charge in [-0.05, 0) is 24.6 Å². The smallest absolute Gasteiger partial charge is 0.0795 e. The molecular weight excluding hydrogens is 268 g/mol. The van der Waals surface area contributed by atoms with Crippen LogP contribution in [0.1, 0.15) is 24.3 Å². The molecule has 0 fully saturated rings. The van der Waals surface area contributed by atoms with Crippen LogP contribution >= 0.6 is 22.9 Å². The Hall–Kier alpha value is -1.10. The fraction of sp³-hybridized carbons (Fsp3) is 0.308. The molecule has 0 amide bonds. The number of anilines is 1. The van der Waals surface area contributed by atoms with Crippen molar-refractivity contribution in [3.8, 4) is 0 Å². The molecule has 0 saturated heterocycles. The molecule has 3 nitrogen and oxygen atoms in total. The highest BCUT2D eigenvalue weighted by molar-refractivity contribution is 7.07. The summed E-state index contributed by atoms with van der Waals surface area (Å²) >= 11 is 7.74. The van der Waals surface area contributed by atoms with Crippen molar-refractivity contribution in [3.63, 3.8) is 0 Å². The molecule has 5 heteroatoms. The highest BCUT2D eigenvalue weighted by Gasteiger charge is 2.09. The van der Waals surface area contributed by atoms with Crippen LogP contribution in [-0.4, -0.2) is 17.1 Å². The third-order valence-electron chi connectivity index (χ3n) is 2.76.